The van der Waals surface area contributed by atoms with Crippen molar-refractivity contribution in [1.82, 2.24) is 5.01 Å². The molecule has 0 atom stereocenters. The van der Waals surface area contributed by atoms with Crippen molar-refractivity contribution >= 4 is 63.6 Å². The van der Waals surface area contributed by atoms with E-state index in [-0.39, 0.29) is 5.91 Å². The summed E-state index contributed by atoms with van der Waals surface area (Å²) < 4.78 is 6.09. The van der Waals surface area contributed by atoms with E-state index in [2.05, 4.69) is 5.10 Å². The second-order valence-corrected chi connectivity index (χ2v) is 6.85. The first-order valence-corrected chi connectivity index (χ1v) is 8.28. The summed E-state index contributed by atoms with van der Waals surface area (Å²) in [5, 5.41) is 6.30. The van der Waals surface area contributed by atoms with Gasteiger partial charge in [0.1, 0.15) is 11.5 Å². The lowest BCUT2D eigenvalue weighted by Crippen LogP contribution is -2.22. The van der Waals surface area contributed by atoms with Gasteiger partial charge in [-0.05, 0) is 30.3 Å². The smallest absolute Gasteiger partial charge is 0.259 e. The molecular formula is C14H8Cl2N2O2S2. The molecule has 0 saturated carbocycles. The second-order valence-electron chi connectivity index (χ2n) is 4.36. The average Bonchev–Trinajstić information content (AvgIpc) is 3.04. The molecule has 0 bridgehead atoms. The van der Waals surface area contributed by atoms with Crippen molar-refractivity contribution in [1.29, 1.82) is 0 Å². The molecule has 1 saturated heterocycles. The number of benzene rings is 1. The Bertz CT molecular complexity index is 753. The first-order valence-electron chi connectivity index (χ1n) is 6.13. The molecule has 0 spiro atoms. The summed E-state index contributed by atoms with van der Waals surface area (Å²) in [5.74, 6) is 1.29. The van der Waals surface area contributed by atoms with Crippen LogP contribution in [0.3, 0.4) is 0 Å². The van der Waals surface area contributed by atoms with Crippen LogP contribution in [-0.2, 0) is 4.79 Å². The summed E-state index contributed by atoms with van der Waals surface area (Å²) in [7, 11) is 0. The lowest BCUT2D eigenvalue weighted by atomic mass is 10.2. The second kappa shape index (κ2) is 6.42. The molecule has 0 aliphatic carbocycles. The van der Waals surface area contributed by atoms with Gasteiger partial charge in [-0.15, -0.1) is 0 Å². The molecule has 8 heteroatoms. The Balaban J connectivity index is 1.82. The van der Waals surface area contributed by atoms with E-state index in [0.717, 1.165) is 5.56 Å². The van der Waals surface area contributed by atoms with Gasteiger partial charge in [-0.1, -0.05) is 47.2 Å². The summed E-state index contributed by atoms with van der Waals surface area (Å²) in [6, 6.07) is 8.67. The van der Waals surface area contributed by atoms with Gasteiger partial charge in [0.25, 0.3) is 5.91 Å². The molecule has 2 aromatic rings. The Morgan fingerprint density at radius 1 is 1.27 bits per heavy atom. The number of hydrogen-bond donors (Lipinski definition) is 0. The number of nitrogens with zero attached hydrogens (tertiary/aromatic N) is 2. The minimum absolute atomic E-state index is 0.139. The zero-order valence-corrected chi connectivity index (χ0v) is 14.1. The van der Waals surface area contributed by atoms with Crippen molar-refractivity contribution in [2.45, 2.75) is 0 Å². The molecule has 0 N–H and O–H groups in total. The molecule has 1 fully saturated rings. The maximum atomic E-state index is 11.6. The lowest BCUT2D eigenvalue weighted by Gasteiger charge is -2.05. The monoisotopic (exact) mass is 370 g/mol. The SMILES string of the molecule is O=C1CSC(=S)N1N=Cc1ccc(-c2cc(Cl)cc(Cl)c2)o1. The van der Waals surface area contributed by atoms with Gasteiger partial charge in [0, 0.05) is 15.6 Å². The molecule has 0 radical (unpaired) electrons. The molecule has 1 amide bonds. The average molecular weight is 371 g/mol. The number of carbonyl (C=O) groups excluding carboxylic acids is 1. The van der Waals surface area contributed by atoms with Crippen LogP contribution in [0.25, 0.3) is 11.3 Å². The number of thiocarbonyl (C=S) groups is 1. The molecular weight excluding hydrogens is 363 g/mol. The largest absolute Gasteiger partial charge is 0.455 e. The van der Waals surface area contributed by atoms with Crippen LogP contribution in [0.5, 0.6) is 0 Å². The summed E-state index contributed by atoms with van der Waals surface area (Å²) in [4.78, 5) is 11.6. The quantitative estimate of drug-likeness (QED) is 0.591. The van der Waals surface area contributed by atoms with Crippen LogP contribution in [0, 0.1) is 0 Å². The molecule has 1 aliphatic rings. The third-order valence-electron chi connectivity index (χ3n) is 2.80. The molecule has 3 rings (SSSR count). The lowest BCUT2D eigenvalue weighted by molar-refractivity contribution is -0.123. The zero-order valence-electron chi connectivity index (χ0n) is 11.0. The van der Waals surface area contributed by atoms with Crippen molar-refractivity contribution in [3.63, 3.8) is 0 Å². The Morgan fingerprint density at radius 2 is 2.00 bits per heavy atom. The number of thioether (sulfide) groups is 1. The summed E-state index contributed by atoms with van der Waals surface area (Å²) in [5.41, 5.74) is 0.764. The minimum atomic E-state index is -0.139. The first kappa shape index (κ1) is 15.6. The van der Waals surface area contributed by atoms with E-state index < -0.39 is 0 Å². The van der Waals surface area contributed by atoms with E-state index in [1.807, 2.05) is 0 Å². The van der Waals surface area contributed by atoms with Gasteiger partial charge in [-0.3, -0.25) is 4.79 Å². The fourth-order valence-electron chi connectivity index (χ4n) is 1.85. The van der Waals surface area contributed by atoms with Crippen molar-refractivity contribution < 1.29 is 9.21 Å². The highest BCUT2D eigenvalue weighted by Crippen LogP contribution is 2.28. The highest BCUT2D eigenvalue weighted by atomic mass is 35.5. The predicted octanol–water partition coefficient (Wildman–Crippen LogP) is 4.45. The van der Waals surface area contributed by atoms with Crippen molar-refractivity contribution in [3.8, 4) is 11.3 Å². The van der Waals surface area contributed by atoms with Crippen LogP contribution in [0.4, 0.5) is 0 Å². The van der Waals surface area contributed by atoms with Gasteiger partial charge in [-0.25, -0.2) is 0 Å². The van der Waals surface area contributed by atoms with E-state index in [0.29, 0.717) is 31.6 Å². The van der Waals surface area contributed by atoms with Crippen LogP contribution in [0.1, 0.15) is 5.76 Å². The fourth-order valence-corrected chi connectivity index (χ4v) is 3.34. The number of amides is 1. The molecule has 1 aliphatic heterocycles. The van der Waals surface area contributed by atoms with Crippen molar-refractivity contribution in [3.05, 3.63) is 46.1 Å². The molecule has 2 heterocycles. The van der Waals surface area contributed by atoms with Crippen LogP contribution in [-0.4, -0.2) is 27.2 Å². The zero-order chi connectivity index (χ0) is 15.7. The third-order valence-corrected chi connectivity index (χ3v) is 4.58. The van der Waals surface area contributed by atoms with Crippen LogP contribution in [0.2, 0.25) is 10.0 Å². The van der Waals surface area contributed by atoms with Crippen LogP contribution >= 0.6 is 47.2 Å². The Labute approximate surface area is 146 Å². The van der Waals surface area contributed by atoms with E-state index in [1.54, 1.807) is 30.3 Å². The van der Waals surface area contributed by atoms with Gasteiger partial charge < -0.3 is 4.42 Å². The highest BCUT2D eigenvalue weighted by Gasteiger charge is 2.26. The molecule has 112 valence electrons. The molecule has 4 nitrogen and oxygen atoms in total. The van der Waals surface area contributed by atoms with E-state index in [4.69, 9.17) is 39.8 Å². The Kier molecular flexibility index (Phi) is 4.54. The van der Waals surface area contributed by atoms with E-state index in [9.17, 15) is 4.79 Å². The van der Waals surface area contributed by atoms with Crippen LogP contribution < -0.4 is 0 Å². The van der Waals surface area contributed by atoms with Gasteiger partial charge in [0.05, 0.1) is 12.0 Å². The molecule has 1 aromatic heterocycles. The Hall–Kier alpha value is -1.34. The number of halogens is 2. The van der Waals surface area contributed by atoms with E-state index >= 15 is 0 Å². The fraction of sp³-hybridized carbons (Fsp3) is 0.0714. The number of hydrazone groups is 1. The Morgan fingerprint density at radius 3 is 2.64 bits per heavy atom. The van der Waals surface area contributed by atoms with Crippen molar-refractivity contribution in [2.24, 2.45) is 5.10 Å². The third kappa shape index (κ3) is 3.35. The topological polar surface area (TPSA) is 45.8 Å². The molecule has 1 aromatic carbocycles. The summed E-state index contributed by atoms with van der Waals surface area (Å²) in [6.07, 6.45) is 1.45. The molecule has 0 unspecified atom stereocenters. The number of hydrogen-bond acceptors (Lipinski definition) is 5. The maximum Gasteiger partial charge on any atom is 0.259 e. The summed E-state index contributed by atoms with van der Waals surface area (Å²) >= 11 is 18.3. The first-order chi connectivity index (χ1) is 10.5. The van der Waals surface area contributed by atoms with Gasteiger partial charge in [0.15, 0.2) is 4.32 Å². The normalized spacial score (nSPS) is 15.3. The van der Waals surface area contributed by atoms with Crippen LogP contribution in [0.15, 0.2) is 39.9 Å². The maximum absolute atomic E-state index is 11.6. The van der Waals surface area contributed by atoms with E-state index in [1.165, 1.54) is 23.0 Å². The number of furan rings is 1. The number of carbonyl (C=O) groups is 1. The molecule has 22 heavy (non-hydrogen) atoms. The van der Waals surface area contributed by atoms with Gasteiger partial charge in [-0.2, -0.15) is 10.1 Å². The summed E-state index contributed by atoms with van der Waals surface area (Å²) in [6.45, 7) is 0. The van der Waals surface area contributed by atoms with Crippen molar-refractivity contribution in [2.75, 3.05) is 5.75 Å². The number of rotatable bonds is 3. The highest BCUT2D eigenvalue weighted by molar-refractivity contribution is 8.23. The minimum Gasteiger partial charge on any atom is -0.455 e. The standard InChI is InChI=1S/C14H8Cl2N2O2S2/c15-9-3-8(4-10(16)5-9)12-2-1-11(20-12)6-17-18-13(19)7-22-14(18)21/h1-6H,7H2. The predicted molar refractivity (Wildman–Crippen MR) is 93.7 cm³/mol. The van der Waals surface area contributed by atoms with Gasteiger partial charge in [0.2, 0.25) is 0 Å². The van der Waals surface area contributed by atoms with Gasteiger partial charge >= 0.3 is 0 Å².